The highest BCUT2D eigenvalue weighted by Gasteiger charge is 2.15. The summed E-state index contributed by atoms with van der Waals surface area (Å²) in [6, 6.07) is -0.0918. The topological polar surface area (TPSA) is 96.7 Å². The first kappa shape index (κ1) is 15.2. The largest absolute Gasteiger partial charge is 0.347 e. The predicted octanol–water partition coefficient (Wildman–Crippen LogP) is 1.95. The molecule has 114 valence electrons. The maximum Gasteiger partial charge on any atom is 0.227 e. The van der Waals surface area contributed by atoms with Gasteiger partial charge in [0.25, 0.3) is 0 Å². The lowest BCUT2D eigenvalue weighted by Gasteiger charge is -2.14. The van der Waals surface area contributed by atoms with Crippen LogP contribution in [0.5, 0.6) is 0 Å². The highest BCUT2D eigenvalue weighted by molar-refractivity contribution is 5.76. The molecule has 0 radical (unpaired) electrons. The van der Waals surface area contributed by atoms with Crippen molar-refractivity contribution in [3.63, 3.8) is 0 Å². The number of hydrogen-bond acceptors (Lipinski definition) is 5. The summed E-state index contributed by atoms with van der Waals surface area (Å²) in [5.41, 5.74) is 0. The summed E-state index contributed by atoms with van der Waals surface area (Å²) in [6.07, 6.45) is 6.76. The van der Waals surface area contributed by atoms with Crippen LogP contribution in [0.3, 0.4) is 0 Å². The molecule has 7 nitrogen and oxygen atoms in total. The smallest absolute Gasteiger partial charge is 0.227 e. The fraction of sp³-hybridized carbons (Fsp3) is 0.571. The van der Waals surface area contributed by atoms with Crippen molar-refractivity contribution in [2.45, 2.75) is 52.0 Å². The van der Waals surface area contributed by atoms with Gasteiger partial charge in [-0.25, -0.2) is 4.98 Å². The third-order valence-electron chi connectivity index (χ3n) is 3.14. The number of aromatic amines is 1. The van der Waals surface area contributed by atoms with Gasteiger partial charge in [0.2, 0.25) is 11.8 Å². The zero-order valence-corrected chi connectivity index (χ0v) is 12.4. The quantitative estimate of drug-likeness (QED) is 0.774. The molecule has 21 heavy (non-hydrogen) atoms. The second-order valence-electron chi connectivity index (χ2n) is 4.86. The van der Waals surface area contributed by atoms with Gasteiger partial charge in [0.05, 0.1) is 6.04 Å². The van der Waals surface area contributed by atoms with E-state index in [2.05, 4.69) is 32.3 Å². The van der Waals surface area contributed by atoms with Crippen molar-refractivity contribution in [3.8, 4) is 0 Å². The Balaban J connectivity index is 1.81. The molecule has 2 N–H and O–H groups in total. The Hall–Kier alpha value is -2.18. The number of H-pyrrole nitrogens is 1. The van der Waals surface area contributed by atoms with Crippen LogP contribution in [-0.4, -0.2) is 26.0 Å². The maximum absolute atomic E-state index is 12.0. The standard InChI is InChI=1S/C14H21N5O2/c1-3-5-11-18-13(21-19-11)7-6-12(20)17-10(4-2)14-15-8-9-16-14/h8-10H,3-7H2,1-2H3,(H,15,16)(H,17,20). The third kappa shape index (κ3) is 4.40. The van der Waals surface area contributed by atoms with E-state index >= 15 is 0 Å². The number of nitrogens with one attached hydrogen (secondary N) is 2. The monoisotopic (exact) mass is 291 g/mol. The van der Waals surface area contributed by atoms with E-state index in [1.807, 2.05) is 6.92 Å². The lowest BCUT2D eigenvalue weighted by molar-refractivity contribution is -0.122. The van der Waals surface area contributed by atoms with Crippen LogP contribution in [-0.2, 0) is 17.6 Å². The van der Waals surface area contributed by atoms with E-state index in [9.17, 15) is 4.79 Å². The Morgan fingerprint density at radius 2 is 2.29 bits per heavy atom. The minimum Gasteiger partial charge on any atom is -0.347 e. The Morgan fingerprint density at radius 1 is 1.43 bits per heavy atom. The zero-order valence-electron chi connectivity index (χ0n) is 12.4. The fourth-order valence-electron chi connectivity index (χ4n) is 2.04. The molecule has 0 saturated heterocycles. The average molecular weight is 291 g/mol. The number of hydrogen-bond donors (Lipinski definition) is 2. The molecular formula is C14H21N5O2. The van der Waals surface area contributed by atoms with Crippen LogP contribution in [0.25, 0.3) is 0 Å². The minimum atomic E-state index is -0.0918. The molecule has 1 unspecified atom stereocenters. The van der Waals surface area contributed by atoms with Crippen molar-refractivity contribution in [2.24, 2.45) is 0 Å². The summed E-state index contributed by atoms with van der Waals surface area (Å²) in [4.78, 5) is 23.4. The SMILES string of the molecule is CCCc1noc(CCC(=O)NC(CC)c2ncc[nH]2)n1. The van der Waals surface area contributed by atoms with E-state index in [1.54, 1.807) is 12.4 Å². The molecule has 0 bridgehead atoms. The molecule has 0 spiro atoms. The van der Waals surface area contributed by atoms with E-state index in [1.165, 1.54) is 0 Å². The first-order chi connectivity index (χ1) is 10.2. The summed E-state index contributed by atoms with van der Waals surface area (Å²) in [7, 11) is 0. The third-order valence-corrected chi connectivity index (χ3v) is 3.14. The highest BCUT2D eigenvalue weighted by Crippen LogP contribution is 2.12. The molecule has 2 aromatic rings. The van der Waals surface area contributed by atoms with E-state index in [0.717, 1.165) is 25.1 Å². The molecule has 0 aliphatic carbocycles. The van der Waals surface area contributed by atoms with Crippen molar-refractivity contribution < 1.29 is 9.32 Å². The highest BCUT2D eigenvalue weighted by atomic mass is 16.5. The first-order valence-corrected chi connectivity index (χ1v) is 7.33. The molecule has 1 atom stereocenters. The van der Waals surface area contributed by atoms with Gasteiger partial charge < -0.3 is 14.8 Å². The molecule has 0 aromatic carbocycles. The number of carbonyl (C=O) groups excluding carboxylic acids is 1. The predicted molar refractivity (Wildman–Crippen MR) is 76.4 cm³/mol. The zero-order chi connectivity index (χ0) is 15.1. The Morgan fingerprint density at radius 3 is 2.95 bits per heavy atom. The Labute approximate surface area is 123 Å². The number of aromatic nitrogens is 4. The molecule has 2 aromatic heterocycles. The first-order valence-electron chi connectivity index (χ1n) is 7.33. The fourth-order valence-corrected chi connectivity index (χ4v) is 2.04. The Bertz CT molecular complexity index is 549. The molecule has 0 saturated carbocycles. The van der Waals surface area contributed by atoms with Crippen LogP contribution in [0.15, 0.2) is 16.9 Å². The van der Waals surface area contributed by atoms with Crippen LogP contribution < -0.4 is 5.32 Å². The van der Waals surface area contributed by atoms with Gasteiger partial charge in [-0.1, -0.05) is 19.0 Å². The number of aryl methyl sites for hydroxylation is 2. The molecule has 7 heteroatoms. The number of imidazole rings is 1. The van der Waals surface area contributed by atoms with Gasteiger partial charge in [-0.3, -0.25) is 4.79 Å². The number of rotatable bonds is 8. The van der Waals surface area contributed by atoms with Gasteiger partial charge in [-0.15, -0.1) is 0 Å². The van der Waals surface area contributed by atoms with Gasteiger partial charge in [-0.05, 0) is 12.8 Å². The van der Waals surface area contributed by atoms with Crippen molar-refractivity contribution in [1.29, 1.82) is 0 Å². The summed E-state index contributed by atoms with van der Waals surface area (Å²) in [5.74, 6) is 1.94. The average Bonchev–Trinajstić information content (AvgIpc) is 3.14. The van der Waals surface area contributed by atoms with Crippen LogP contribution in [0, 0.1) is 0 Å². The van der Waals surface area contributed by atoms with Gasteiger partial charge in [0, 0.05) is 31.7 Å². The van der Waals surface area contributed by atoms with Crippen molar-refractivity contribution in [2.75, 3.05) is 0 Å². The van der Waals surface area contributed by atoms with Crippen LogP contribution >= 0.6 is 0 Å². The molecular weight excluding hydrogens is 270 g/mol. The number of amides is 1. The van der Waals surface area contributed by atoms with Crippen molar-refractivity contribution in [1.82, 2.24) is 25.4 Å². The van der Waals surface area contributed by atoms with E-state index < -0.39 is 0 Å². The van der Waals surface area contributed by atoms with Crippen molar-refractivity contribution in [3.05, 3.63) is 29.9 Å². The van der Waals surface area contributed by atoms with Crippen LogP contribution in [0.1, 0.15) is 56.7 Å². The van der Waals surface area contributed by atoms with Gasteiger partial charge in [0.15, 0.2) is 5.82 Å². The number of nitrogens with zero attached hydrogens (tertiary/aromatic N) is 3. The van der Waals surface area contributed by atoms with E-state index in [-0.39, 0.29) is 11.9 Å². The summed E-state index contributed by atoms with van der Waals surface area (Å²) >= 11 is 0. The molecule has 2 rings (SSSR count). The van der Waals surface area contributed by atoms with E-state index in [0.29, 0.717) is 24.6 Å². The van der Waals surface area contributed by atoms with Crippen LogP contribution in [0.2, 0.25) is 0 Å². The second kappa shape index (κ2) is 7.56. The Kier molecular flexibility index (Phi) is 5.48. The lowest BCUT2D eigenvalue weighted by atomic mass is 10.2. The van der Waals surface area contributed by atoms with Crippen molar-refractivity contribution >= 4 is 5.91 Å². The number of carbonyl (C=O) groups is 1. The molecule has 0 aliphatic heterocycles. The maximum atomic E-state index is 12.0. The molecule has 1 amide bonds. The van der Waals surface area contributed by atoms with Gasteiger partial charge in [0.1, 0.15) is 5.82 Å². The lowest BCUT2D eigenvalue weighted by Crippen LogP contribution is -2.29. The summed E-state index contributed by atoms with van der Waals surface area (Å²) in [6.45, 7) is 4.06. The van der Waals surface area contributed by atoms with Gasteiger partial charge >= 0.3 is 0 Å². The van der Waals surface area contributed by atoms with Gasteiger partial charge in [-0.2, -0.15) is 4.98 Å². The second-order valence-corrected chi connectivity index (χ2v) is 4.86. The molecule has 0 fully saturated rings. The summed E-state index contributed by atoms with van der Waals surface area (Å²) < 4.78 is 5.11. The molecule has 2 heterocycles. The summed E-state index contributed by atoms with van der Waals surface area (Å²) in [5, 5.41) is 6.82. The minimum absolute atomic E-state index is 0.0477. The van der Waals surface area contributed by atoms with E-state index in [4.69, 9.17) is 4.52 Å². The molecule has 0 aliphatic rings. The van der Waals surface area contributed by atoms with Crippen LogP contribution in [0.4, 0.5) is 0 Å². The normalized spacial score (nSPS) is 12.3.